The number of nitrogens with two attached hydrogens (primary N) is 1. The number of hydrogen-bond donors (Lipinski definition) is 2. The smallest absolute Gasteiger partial charge is 0.116 e. The van der Waals surface area contributed by atoms with Gasteiger partial charge in [-0.25, -0.2) is 5.43 Å². The standard InChI is InChI=1S/C7H7BrN2S/c1-2-5(10-9)6-3-4-7(8)11-6/h1,3-5,10H,9H2. The second kappa shape index (κ2) is 3.88. The highest BCUT2D eigenvalue weighted by Gasteiger charge is 2.07. The Labute approximate surface area is 77.9 Å². The van der Waals surface area contributed by atoms with Crippen LogP contribution in [0.5, 0.6) is 0 Å². The molecule has 11 heavy (non-hydrogen) atoms. The molecule has 0 spiro atoms. The Morgan fingerprint density at radius 1 is 1.73 bits per heavy atom. The van der Waals surface area contributed by atoms with E-state index < -0.39 is 0 Å². The number of hydrogen-bond acceptors (Lipinski definition) is 3. The van der Waals surface area contributed by atoms with E-state index in [1.54, 1.807) is 11.3 Å². The molecule has 1 heterocycles. The molecule has 0 bridgehead atoms. The number of halogens is 1. The summed E-state index contributed by atoms with van der Waals surface area (Å²) in [5.74, 6) is 7.76. The van der Waals surface area contributed by atoms with Crippen LogP contribution in [0.4, 0.5) is 0 Å². The van der Waals surface area contributed by atoms with Crippen molar-refractivity contribution in [1.29, 1.82) is 0 Å². The highest BCUT2D eigenvalue weighted by molar-refractivity contribution is 9.11. The molecule has 4 heteroatoms. The Balaban J connectivity index is 2.84. The van der Waals surface area contributed by atoms with Crippen LogP contribution in [-0.4, -0.2) is 0 Å². The topological polar surface area (TPSA) is 38.0 Å². The number of rotatable bonds is 2. The number of hydrazine groups is 1. The van der Waals surface area contributed by atoms with Crippen LogP contribution in [0.1, 0.15) is 10.9 Å². The van der Waals surface area contributed by atoms with E-state index in [1.807, 2.05) is 12.1 Å². The second-order valence-electron chi connectivity index (χ2n) is 1.91. The SMILES string of the molecule is C#CC(NN)c1ccc(Br)s1. The van der Waals surface area contributed by atoms with Gasteiger partial charge in [0.25, 0.3) is 0 Å². The highest BCUT2D eigenvalue weighted by atomic mass is 79.9. The largest absolute Gasteiger partial charge is 0.270 e. The Hall–Kier alpha value is -0.340. The summed E-state index contributed by atoms with van der Waals surface area (Å²) in [6, 6.07) is 3.71. The zero-order valence-corrected chi connectivity index (χ0v) is 8.08. The third-order valence-corrected chi connectivity index (χ3v) is 2.90. The Morgan fingerprint density at radius 2 is 2.45 bits per heavy atom. The van der Waals surface area contributed by atoms with E-state index in [0.29, 0.717) is 0 Å². The van der Waals surface area contributed by atoms with E-state index >= 15 is 0 Å². The Morgan fingerprint density at radius 3 is 2.82 bits per heavy atom. The molecule has 0 aromatic carbocycles. The first-order chi connectivity index (χ1) is 5.27. The van der Waals surface area contributed by atoms with Gasteiger partial charge in [-0.1, -0.05) is 5.92 Å². The van der Waals surface area contributed by atoms with Gasteiger partial charge in [0.2, 0.25) is 0 Å². The molecule has 0 aliphatic rings. The summed E-state index contributed by atoms with van der Waals surface area (Å²) in [6.45, 7) is 0. The normalized spacial score (nSPS) is 12.5. The molecule has 0 saturated carbocycles. The maximum atomic E-state index is 5.22. The maximum Gasteiger partial charge on any atom is 0.116 e. The minimum atomic E-state index is -0.175. The van der Waals surface area contributed by atoms with Crippen molar-refractivity contribution in [3.05, 3.63) is 20.8 Å². The maximum absolute atomic E-state index is 5.22. The van der Waals surface area contributed by atoms with Gasteiger partial charge < -0.3 is 0 Å². The molecule has 58 valence electrons. The van der Waals surface area contributed by atoms with Gasteiger partial charge in [0.05, 0.1) is 3.79 Å². The average molecular weight is 231 g/mol. The first-order valence-corrected chi connectivity index (χ1v) is 4.56. The molecule has 2 nitrogen and oxygen atoms in total. The molecule has 0 aliphatic heterocycles. The van der Waals surface area contributed by atoms with Gasteiger partial charge in [-0.15, -0.1) is 17.8 Å². The number of thiophene rings is 1. The van der Waals surface area contributed by atoms with Crippen molar-refractivity contribution in [2.45, 2.75) is 6.04 Å². The third kappa shape index (κ3) is 2.04. The predicted molar refractivity (Wildman–Crippen MR) is 50.9 cm³/mol. The summed E-state index contributed by atoms with van der Waals surface area (Å²) in [5.41, 5.74) is 2.53. The molecule has 0 saturated heterocycles. The fraction of sp³-hybridized carbons (Fsp3) is 0.143. The lowest BCUT2D eigenvalue weighted by Crippen LogP contribution is -2.25. The van der Waals surface area contributed by atoms with Crippen molar-refractivity contribution >= 4 is 27.3 Å². The minimum Gasteiger partial charge on any atom is -0.270 e. The van der Waals surface area contributed by atoms with Crippen LogP contribution < -0.4 is 11.3 Å². The van der Waals surface area contributed by atoms with Gasteiger partial charge in [-0.3, -0.25) is 5.84 Å². The van der Waals surface area contributed by atoms with E-state index in [4.69, 9.17) is 12.3 Å². The molecule has 0 amide bonds. The van der Waals surface area contributed by atoms with Crippen LogP contribution in [0, 0.1) is 12.3 Å². The summed E-state index contributed by atoms with van der Waals surface area (Å²) in [5, 5.41) is 0. The molecule has 1 aromatic rings. The summed E-state index contributed by atoms with van der Waals surface area (Å²) < 4.78 is 1.06. The highest BCUT2D eigenvalue weighted by Crippen LogP contribution is 2.26. The fourth-order valence-electron chi connectivity index (χ4n) is 0.696. The molecular weight excluding hydrogens is 224 g/mol. The first-order valence-electron chi connectivity index (χ1n) is 2.95. The van der Waals surface area contributed by atoms with E-state index in [1.165, 1.54) is 0 Å². The molecule has 1 unspecified atom stereocenters. The van der Waals surface area contributed by atoms with Crippen molar-refractivity contribution in [1.82, 2.24) is 5.43 Å². The van der Waals surface area contributed by atoms with Crippen molar-refractivity contribution in [2.75, 3.05) is 0 Å². The van der Waals surface area contributed by atoms with Gasteiger partial charge in [0.1, 0.15) is 6.04 Å². The molecule has 0 fully saturated rings. The molecule has 1 rings (SSSR count). The van der Waals surface area contributed by atoms with E-state index in [0.717, 1.165) is 8.66 Å². The Kier molecular flexibility index (Phi) is 3.09. The molecule has 0 aliphatic carbocycles. The zero-order chi connectivity index (χ0) is 8.27. The van der Waals surface area contributed by atoms with Gasteiger partial charge in [-0.05, 0) is 28.1 Å². The zero-order valence-electron chi connectivity index (χ0n) is 5.67. The lowest BCUT2D eigenvalue weighted by atomic mass is 10.3. The predicted octanol–water partition coefficient (Wildman–Crippen LogP) is 1.65. The van der Waals surface area contributed by atoms with Crippen LogP contribution in [-0.2, 0) is 0 Å². The van der Waals surface area contributed by atoms with Crippen LogP contribution in [0.3, 0.4) is 0 Å². The summed E-state index contributed by atoms with van der Waals surface area (Å²) in [6.07, 6.45) is 5.22. The van der Waals surface area contributed by atoms with Gasteiger partial charge in [0, 0.05) is 4.88 Å². The van der Waals surface area contributed by atoms with Crippen LogP contribution >= 0.6 is 27.3 Å². The van der Waals surface area contributed by atoms with Gasteiger partial charge >= 0.3 is 0 Å². The molecule has 1 aromatic heterocycles. The molecule has 1 atom stereocenters. The molecule has 3 N–H and O–H groups in total. The number of nitrogens with one attached hydrogen (secondary N) is 1. The monoisotopic (exact) mass is 230 g/mol. The lowest BCUT2D eigenvalue weighted by molar-refractivity contribution is 0.684. The van der Waals surface area contributed by atoms with Crippen LogP contribution in [0.25, 0.3) is 0 Å². The van der Waals surface area contributed by atoms with E-state index in [-0.39, 0.29) is 6.04 Å². The second-order valence-corrected chi connectivity index (χ2v) is 4.40. The lowest BCUT2D eigenvalue weighted by Gasteiger charge is -2.04. The quantitative estimate of drug-likeness (QED) is 0.461. The van der Waals surface area contributed by atoms with Crippen LogP contribution in [0.15, 0.2) is 15.9 Å². The summed E-state index contributed by atoms with van der Waals surface area (Å²) in [4.78, 5) is 1.04. The molecule has 0 radical (unpaired) electrons. The average Bonchev–Trinajstić information content (AvgIpc) is 2.39. The van der Waals surface area contributed by atoms with E-state index in [2.05, 4.69) is 27.3 Å². The summed E-state index contributed by atoms with van der Waals surface area (Å²) in [7, 11) is 0. The van der Waals surface area contributed by atoms with Crippen LogP contribution in [0.2, 0.25) is 0 Å². The van der Waals surface area contributed by atoms with Crippen molar-refractivity contribution < 1.29 is 0 Å². The van der Waals surface area contributed by atoms with E-state index in [9.17, 15) is 0 Å². The minimum absolute atomic E-state index is 0.175. The molecular formula is C7H7BrN2S. The van der Waals surface area contributed by atoms with Crippen molar-refractivity contribution in [2.24, 2.45) is 5.84 Å². The third-order valence-electron chi connectivity index (χ3n) is 1.21. The first kappa shape index (κ1) is 8.75. The number of terminal acetylenes is 1. The van der Waals surface area contributed by atoms with Crippen molar-refractivity contribution in [3.63, 3.8) is 0 Å². The van der Waals surface area contributed by atoms with Gasteiger partial charge in [0.15, 0.2) is 0 Å². The summed E-state index contributed by atoms with van der Waals surface area (Å²) >= 11 is 4.92. The van der Waals surface area contributed by atoms with Gasteiger partial charge in [-0.2, -0.15) is 0 Å². The van der Waals surface area contributed by atoms with Crippen molar-refractivity contribution in [3.8, 4) is 12.3 Å². The fourth-order valence-corrected chi connectivity index (χ4v) is 2.14. The Bertz CT molecular complexity index is 276.